The number of furan rings is 1. The second-order valence-corrected chi connectivity index (χ2v) is 7.48. The van der Waals surface area contributed by atoms with Crippen molar-refractivity contribution in [2.75, 3.05) is 26.7 Å². The van der Waals surface area contributed by atoms with Gasteiger partial charge in [0.2, 0.25) is 0 Å². The molecule has 5 heteroatoms. The summed E-state index contributed by atoms with van der Waals surface area (Å²) in [4.78, 5) is 9.11. The van der Waals surface area contributed by atoms with Crippen LogP contribution < -0.4 is 0 Å². The molecular weight excluding hydrogens is 314 g/mol. The second-order valence-electron chi connectivity index (χ2n) is 7.48. The number of nitrogens with zero attached hydrogens (tertiary/aromatic N) is 3. The minimum Gasteiger partial charge on any atom is -0.468 e. The highest BCUT2D eigenvalue weighted by atomic mass is 16.5. The topological polar surface area (TPSA) is 41.7 Å². The molecule has 2 aliphatic rings. The maximum Gasteiger partial charge on any atom is 0.117 e. The molecule has 2 saturated heterocycles. The molecule has 0 radical (unpaired) electrons. The minimum absolute atomic E-state index is 0.0769. The SMILES string of the molecule is CN(Cc1ccco1)[C@H]1COC2(CCN(Cc3cccnc3)CC2)C1. The van der Waals surface area contributed by atoms with Crippen molar-refractivity contribution >= 4 is 0 Å². The van der Waals surface area contributed by atoms with Crippen LogP contribution in [0.1, 0.15) is 30.6 Å². The highest BCUT2D eigenvalue weighted by Crippen LogP contribution is 2.38. The molecule has 0 N–H and O–H groups in total. The Labute approximate surface area is 149 Å². The molecule has 1 spiro atoms. The van der Waals surface area contributed by atoms with Crippen LogP contribution in [-0.4, -0.2) is 53.2 Å². The minimum atomic E-state index is 0.0769. The fourth-order valence-electron chi connectivity index (χ4n) is 4.10. The Morgan fingerprint density at radius 2 is 2.16 bits per heavy atom. The van der Waals surface area contributed by atoms with Gasteiger partial charge in [0.1, 0.15) is 5.76 Å². The Morgan fingerprint density at radius 1 is 1.28 bits per heavy atom. The molecule has 4 heterocycles. The summed E-state index contributed by atoms with van der Waals surface area (Å²) in [6.07, 6.45) is 8.92. The average Bonchev–Trinajstić information content (AvgIpc) is 3.29. The van der Waals surface area contributed by atoms with Crippen LogP contribution in [0.2, 0.25) is 0 Å². The fourth-order valence-corrected chi connectivity index (χ4v) is 4.10. The predicted molar refractivity (Wildman–Crippen MR) is 96.0 cm³/mol. The number of rotatable bonds is 5. The van der Waals surface area contributed by atoms with Crippen LogP contribution >= 0.6 is 0 Å². The van der Waals surface area contributed by atoms with Gasteiger partial charge in [-0.3, -0.25) is 14.8 Å². The summed E-state index contributed by atoms with van der Waals surface area (Å²) in [5.41, 5.74) is 1.37. The summed E-state index contributed by atoms with van der Waals surface area (Å²) in [6, 6.07) is 8.64. The van der Waals surface area contributed by atoms with E-state index in [1.165, 1.54) is 5.56 Å². The van der Waals surface area contributed by atoms with Crippen molar-refractivity contribution in [3.05, 3.63) is 54.2 Å². The van der Waals surface area contributed by atoms with E-state index in [0.29, 0.717) is 6.04 Å². The van der Waals surface area contributed by atoms with Crippen LogP contribution in [0.25, 0.3) is 0 Å². The van der Waals surface area contributed by atoms with E-state index in [4.69, 9.17) is 9.15 Å². The summed E-state index contributed by atoms with van der Waals surface area (Å²) in [5, 5.41) is 0. The van der Waals surface area contributed by atoms with Gasteiger partial charge in [0.25, 0.3) is 0 Å². The third kappa shape index (κ3) is 3.94. The van der Waals surface area contributed by atoms with Crippen molar-refractivity contribution < 1.29 is 9.15 Å². The number of piperidine rings is 1. The second kappa shape index (κ2) is 7.28. The van der Waals surface area contributed by atoms with Gasteiger partial charge in [-0.2, -0.15) is 0 Å². The van der Waals surface area contributed by atoms with E-state index < -0.39 is 0 Å². The van der Waals surface area contributed by atoms with Crippen molar-refractivity contribution in [2.24, 2.45) is 0 Å². The highest BCUT2D eigenvalue weighted by Gasteiger charge is 2.43. The van der Waals surface area contributed by atoms with E-state index in [1.54, 1.807) is 6.26 Å². The molecule has 0 bridgehead atoms. The number of likely N-dealkylation sites (tertiary alicyclic amines) is 1. The molecule has 0 unspecified atom stereocenters. The molecular formula is C20H27N3O2. The largest absolute Gasteiger partial charge is 0.468 e. The molecule has 2 aromatic heterocycles. The first-order chi connectivity index (χ1) is 12.2. The van der Waals surface area contributed by atoms with Crippen molar-refractivity contribution in [1.82, 2.24) is 14.8 Å². The Balaban J connectivity index is 1.28. The molecule has 0 aromatic carbocycles. The van der Waals surface area contributed by atoms with E-state index in [-0.39, 0.29) is 5.60 Å². The Kier molecular flexibility index (Phi) is 4.88. The number of pyridine rings is 1. The molecule has 0 saturated carbocycles. The van der Waals surface area contributed by atoms with Gasteiger partial charge in [-0.05, 0) is 50.1 Å². The Hall–Kier alpha value is -1.69. The molecule has 2 fully saturated rings. The van der Waals surface area contributed by atoms with E-state index in [9.17, 15) is 0 Å². The lowest BCUT2D eigenvalue weighted by Gasteiger charge is -2.39. The number of aromatic nitrogens is 1. The summed E-state index contributed by atoms with van der Waals surface area (Å²) in [6.45, 7) is 4.88. The Bertz CT molecular complexity index is 651. The highest BCUT2D eigenvalue weighted by molar-refractivity contribution is 5.09. The van der Waals surface area contributed by atoms with Gasteiger partial charge in [-0.25, -0.2) is 0 Å². The molecule has 5 nitrogen and oxygen atoms in total. The van der Waals surface area contributed by atoms with E-state index in [2.05, 4.69) is 27.9 Å². The van der Waals surface area contributed by atoms with Crippen LogP contribution in [0.4, 0.5) is 0 Å². The van der Waals surface area contributed by atoms with Gasteiger partial charge in [0, 0.05) is 38.1 Å². The van der Waals surface area contributed by atoms with Gasteiger partial charge in [0.15, 0.2) is 0 Å². The number of likely N-dealkylation sites (N-methyl/N-ethyl adjacent to an activating group) is 1. The summed E-state index contributed by atoms with van der Waals surface area (Å²) >= 11 is 0. The van der Waals surface area contributed by atoms with Crippen molar-refractivity contribution in [2.45, 2.75) is 44.0 Å². The first kappa shape index (κ1) is 16.8. The molecule has 25 heavy (non-hydrogen) atoms. The van der Waals surface area contributed by atoms with Gasteiger partial charge in [0.05, 0.1) is 25.0 Å². The van der Waals surface area contributed by atoms with Gasteiger partial charge < -0.3 is 9.15 Å². The van der Waals surface area contributed by atoms with Crippen LogP contribution in [-0.2, 0) is 17.8 Å². The molecule has 4 rings (SSSR count). The number of ether oxygens (including phenoxy) is 1. The molecule has 0 amide bonds. The Morgan fingerprint density at radius 3 is 2.88 bits per heavy atom. The summed E-state index contributed by atoms with van der Waals surface area (Å²) in [5.74, 6) is 1.02. The fraction of sp³-hybridized carbons (Fsp3) is 0.550. The zero-order chi connectivity index (χ0) is 17.1. The van der Waals surface area contributed by atoms with Gasteiger partial charge in [-0.1, -0.05) is 6.07 Å². The van der Waals surface area contributed by atoms with E-state index >= 15 is 0 Å². The summed E-state index contributed by atoms with van der Waals surface area (Å²) < 4.78 is 11.8. The monoisotopic (exact) mass is 341 g/mol. The standard InChI is InChI=1S/C20H27N3O2/c1-22(15-19-5-3-11-24-19)18-12-20(25-16-18)6-9-23(10-7-20)14-17-4-2-8-21-13-17/h2-5,8,11,13,18H,6-7,9-10,12,14-16H2,1H3/t18-/m1/s1. The van der Waals surface area contributed by atoms with E-state index in [1.807, 2.05) is 30.6 Å². The lowest BCUT2D eigenvalue weighted by molar-refractivity contribution is -0.0452. The molecule has 2 aromatic rings. The van der Waals surface area contributed by atoms with Gasteiger partial charge >= 0.3 is 0 Å². The normalized spacial score (nSPS) is 23.5. The maximum absolute atomic E-state index is 6.32. The van der Waals surface area contributed by atoms with E-state index in [0.717, 1.165) is 57.8 Å². The first-order valence-electron chi connectivity index (χ1n) is 9.20. The van der Waals surface area contributed by atoms with Crippen LogP contribution in [0.3, 0.4) is 0 Å². The predicted octanol–water partition coefficient (Wildman–Crippen LogP) is 2.93. The third-order valence-electron chi connectivity index (χ3n) is 5.69. The third-order valence-corrected chi connectivity index (χ3v) is 5.69. The smallest absolute Gasteiger partial charge is 0.117 e. The van der Waals surface area contributed by atoms with Gasteiger partial charge in [-0.15, -0.1) is 0 Å². The zero-order valence-corrected chi connectivity index (χ0v) is 14.9. The lowest BCUT2D eigenvalue weighted by atomic mass is 9.87. The first-order valence-corrected chi connectivity index (χ1v) is 9.20. The quantitative estimate of drug-likeness (QED) is 0.836. The lowest BCUT2D eigenvalue weighted by Crippen LogP contribution is -2.44. The van der Waals surface area contributed by atoms with Crippen molar-refractivity contribution in [3.8, 4) is 0 Å². The molecule has 134 valence electrons. The summed E-state index contributed by atoms with van der Waals surface area (Å²) in [7, 11) is 2.17. The van der Waals surface area contributed by atoms with Crippen LogP contribution in [0.5, 0.6) is 0 Å². The molecule has 2 aliphatic heterocycles. The zero-order valence-electron chi connectivity index (χ0n) is 14.9. The molecule has 1 atom stereocenters. The van der Waals surface area contributed by atoms with Crippen LogP contribution in [0, 0.1) is 0 Å². The maximum atomic E-state index is 6.32. The van der Waals surface area contributed by atoms with Crippen molar-refractivity contribution in [1.29, 1.82) is 0 Å². The van der Waals surface area contributed by atoms with Crippen LogP contribution in [0.15, 0.2) is 47.3 Å². The number of hydrogen-bond acceptors (Lipinski definition) is 5. The number of hydrogen-bond donors (Lipinski definition) is 0. The average molecular weight is 341 g/mol. The molecule has 0 aliphatic carbocycles. The van der Waals surface area contributed by atoms with Crippen molar-refractivity contribution in [3.63, 3.8) is 0 Å².